The maximum atomic E-state index is 12.7. The minimum atomic E-state index is -3.97. The lowest BCUT2D eigenvalue weighted by Gasteiger charge is -2.09. The van der Waals surface area contributed by atoms with E-state index in [2.05, 4.69) is 0 Å². The first-order valence-electron chi connectivity index (χ1n) is 8.23. The summed E-state index contributed by atoms with van der Waals surface area (Å²) in [7, 11) is -3.97. The molecule has 0 spiro atoms. The van der Waals surface area contributed by atoms with Gasteiger partial charge in [0.1, 0.15) is 0 Å². The van der Waals surface area contributed by atoms with Crippen LogP contribution in [0.3, 0.4) is 0 Å². The number of nitrogens with zero attached hydrogens (tertiary/aromatic N) is 3. The molecule has 0 saturated carbocycles. The van der Waals surface area contributed by atoms with E-state index in [1.54, 1.807) is 6.92 Å². The van der Waals surface area contributed by atoms with Gasteiger partial charge in [-0.1, -0.05) is 0 Å². The molecule has 2 aromatic carbocycles. The van der Waals surface area contributed by atoms with Gasteiger partial charge in [0.15, 0.2) is 0 Å². The Labute approximate surface area is 162 Å². The number of nitrogens with one attached hydrogen (secondary N) is 1. The zero-order chi connectivity index (χ0) is 21.3. The van der Waals surface area contributed by atoms with Crippen LogP contribution in [0.25, 0.3) is 5.69 Å². The third-order valence-electron chi connectivity index (χ3n) is 4.16. The van der Waals surface area contributed by atoms with Gasteiger partial charge in [-0.2, -0.15) is 0 Å². The Balaban J connectivity index is 2.05. The molecular weight excluding hydrogens is 404 g/mol. The third kappa shape index (κ3) is 3.52. The average Bonchev–Trinajstić information content (AvgIpc) is 2.68. The van der Waals surface area contributed by atoms with Crippen LogP contribution in [-0.2, 0) is 16.4 Å². The number of hydrogen-bond acceptors (Lipinski definition) is 7. The number of H-pyrrole nitrogens is 1. The van der Waals surface area contributed by atoms with Crippen LogP contribution in [0.1, 0.15) is 6.92 Å². The molecule has 1 heterocycles. The molecule has 29 heavy (non-hydrogen) atoms. The minimum Gasteiger partial charge on any atom is -0.258 e. The molecule has 3 rings (SSSR count). The molecule has 150 valence electrons. The Morgan fingerprint density at radius 1 is 0.931 bits per heavy atom. The van der Waals surface area contributed by atoms with E-state index in [0.717, 1.165) is 28.8 Å². The second-order valence-electron chi connectivity index (χ2n) is 5.85. The molecule has 11 nitrogen and oxygen atoms in total. The molecule has 0 saturated heterocycles. The van der Waals surface area contributed by atoms with E-state index >= 15 is 0 Å². The topological polar surface area (TPSA) is 154 Å². The zero-order valence-electron chi connectivity index (χ0n) is 14.9. The lowest BCUT2D eigenvalue weighted by molar-refractivity contribution is -0.384. The fourth-order valence-electron chi connectivity index (χ4n) is 2.67. The van der Waals surface area contributed by atoms with Crippen molar-refractivity contribution in [3.63, 3.8) is 0 Å². The van der Waals surface area contributed by atoms with Crippen LogP contribution in [0.5, 0.6) is 0 Å². The van der Waals surface area contributed by atoms with Crippen LogP contribution in [0.15, 0.2) is 72.7 Å². The van der Waals surface area contributed by atoms with Crippen LogP contribution in [0.4, 0.5) is 5.69 Å². The van der Waals surface area contributed by atoms with Gasteiger partial charge in [0.2, 0.25) is 9.84 Å². The van der Waals surface area contributed by atoms with Crippen molar-refractivity contribution in [1.82, 2.24) is 14.1 Å². The molecule has 0 aliphatic carbocycles. The van der Waals surface area contributed by atoms with E-state index in [0.29, 0.717) is 4.57 Å². The lowest BCUT2D eigenvalue weighted by atomic mass is 10.3. The third-order valence-corrected chi connectivity index (χ3v) is 5.95. The summed E-state index contributed by atoms with van der Waals surface area (Å²) in [6, 6.07) is 9.28. The summed E-state index contributed by atoms with van der Waals surface area (Å²) < 4.78 is 26.9. The van der Waals surface area contributed by atoms with Crippen LogP contribution in [-0.4, -0.2) is 27.5 Å². The molecule has 0 aliphatic heterocycles. The largest absolute Gasteiger partial charge is 0.340 e. The fraction of sp³-hybridized carbons (Fsp3) is 0.118. The first-order chi connectivity index (χ1) is 13.7. The van der Waals surface area contributed by atoms with Gasteiger partial charge in [-0.3, -0.25) is 15.1 Å². The molecule has 3 aromatic rings. The Morgan fingerprint density at radius 3 is 1.93 bits per heavy atom. The van der Waals surface area contributed by atoms with E-state index in [4.69, 9.17) is 0 Å². The summed E-state index contributed by atoms with van der Waals surface area (Å²) in [4.78, 5) is 47.9. The lowest BCUT2D eigenvalue weighted by Crippen LogP contribution is -2.48. The summed E-state index contributed by atoms with van der Waals surface area (Å²) >= 11 is 0. The molecule has 0 atom stereocenters. The Kier molecular flexibility index (Phi) is 5.03. The second kappa shape index (κ2) is 7.31. The molecule has 0 unspecified atom stereocenters. The number of rotatable bonds is 5. The van der Waals surface area contributed by atoms with E-state index in [1.807, 2.05) is 4.98 Å². The van der Waals surface area contributed by atoms with E-state index in [9.17, 15) is 32.9 Å². The summed E-state index contributed by atoms with van der Waals surface area (Å²) in [5.41, 5.74) is -2.82. The van der Waals surface area contributed by atoms with Crippen molar-refractivity contribution in [3.05, 3.63) is 90.1 Å². The zero-order valence-corrected chi connectivity index (χ0v) is 15.8. The van der Waals surface area contributed by atoms with Gasteiger partial charge in [0.25, 0.3) is 5.69 Å². The number of aromatic amines is 1. The summed E-state index contributed by atoms with van der Waals surface area (Å²) in [5.74, 6) is 0. The molecular formula is C17H14N4O7S. The van der Waals surface area contributed by atoms with Crippen molar-refractivity contribution in [2.45, 2.75) is 23.3 Å². The van der Waals surface area contributed by atoms with Crippen molar-refractivity contribution in [1.29, 1.82) is 0 Å². The van der Waals surface area contributed by atoms with Crippen LogP contribution in [0, 0.1) is 10.1 Å². The van der Waals surface area contributed by atoms with Gasteiger partial charge < -0.3 is 0 Å². The van der Waals surface area contributed by atoms with Crippen molar-refractivity contribution in [2.24, 2.45) is 0 Å². The van der Waals surface area contributed by atoms with Crippen molar-refractivity contribution in [3.8, 4) is 5.69 Å². The molecule has 0 radical (unpaired) electrons. The SMILES string of the molecule is CCn1c(=O)[nH]c(=O)n(-c2ccc(S(=O)(=O)c3ccc([N+](=O)[O-])cc3)cc2)c1=O. The van der Waals surface area contributed by atoms with Crippen LogP contribution in [0.2, 0.25) is 0 Å². The first-order valence-corrected chi connectivity index (χ1v) is 9.71. The monoisotopic (exact) mass is 418 g/mol. The molecule has 0 amide bonds. The molecule has 1 N–H and O–H groups in total. The molecule has 0 bridgehead atoms. The highest BCUT2D eigenvalue weighted by Crippen LogP contribution is 2.23. The normalized spacial score (nSPS) is 11.3. The van der Waals surface area contributed by atoms with Gasteiger partial charge >= 0.3 is 17.1 Å². The molecule has 12 heteroatoms. The van der Waals surface area contributed by atoms with Crippen LogP contribution < -0.4 is 17.1 Å². The minimum absolute atomic E-state index is 0.0427. The van der Waals surface area contributed by atoms with Crippen molar-refractivity contribution < 1.29 is 13.3 Å². The first kappa shape index (κ1) is 19.9. The number of nitro groups is 1. The van der Waals surface area contributed by atoms with E-state index < -0.39 is 31.8 Å². The molecule has 1 aromatic heterocycles. The highest BCUT2D eigenvalue weighted by Gasteiger charge is 2.19. The standard InChI is InChI=1S/C17H14N4O7S/c1-2-19-15(22)18-16(23)20(17(19)24)11-3-7-13(8-4-11)29(27,28)14-9-5-12(6-10-14)21(25)26/h3-10H,2H2,1H3,(H,18,22,23). The van der Waals surface area contributed by atoms with Crippen molar-refractivity contribution >= 4 is 15.5 Å². The van der Waals surface area contributed by atoms with Gasteiger partial charge in [-0.15, -0.1) is 0 Å². The van der Waals surface area contributed by atoms with Crippen molar-refractivity contribution in [2.75, 3.05) is 0 Å². The van der Waals surface area contributed by atoms with E-state index in [1.165, 1.54) is 24.3 Å². The number of nitro benzene ring substituents is 1. The second-order valence-corrected chi connectivity index (χ2v) is 7.80. The smallest absolute Gasteiger partial charge is 0.258 e. The predicted molar refractivity (Wildman–Crippen MR) is 101 cm³/mol. The number of benzene rings is 2. The molecule has 0 fully saturated rings. The average molecular weight is 418 g/mol. The maximum Gasteiger partial charge on any atom is 0.340 e. The van der Waals surface area contributed by atoms with Gasteiger partial charge in [0.05, 0.1) is 20.4 Å². The molecule has 0 aliphatic rings. The summed E-state index contributed by atoms with van der Waals surface area (Å²) in [6.45, 7) is 1.60. The predicted octanol–water partition coefficient (Wildman–Crippen LogP) is 0.448. The maximum absolute atomic E-state index is 12.7. The van der Waals surface area contributed by atoms with Gasteiger partial charge in [-0.25, -0.2) is 31.9 Å². The van der Waals surface area contributed by atoms with Gasteiger partial charge in [0, 0.05) is 18.7 Å². The Morgan fingerprint density at radius 2 is 1.45 bits per heavy atom. The number of non-ortho nitro benzene ring substituents is 1. The van der Waals surface area contributed by atoms with Crippen LogP contribution >= 0.6 is 0 Å². The summed E-state index contributed by atoms with van der Waals surface area (Å²) in [5, 5.41) is 10.7. The highest BCUT2D eigenvalue weighted by molar-refractivity contribution is 7.91. The Hall–Kier alpha value is -3.80. The summed E-state index contributed by atoms with van der Waals surface area (Å²) in [6.07, 6.45) is 0. The number of hydrogen-bond donors (Lipinski definition) is 1. The fourth-order valence-corrected chi connectivity index (χ4v) is 3.93. The number of sulfone groups is 1. The Bertz CT molecular complexity index is 1370. The van der Waals surface area contributed by atoms with Gasteiger partial charge in [-0.05, 0) is 43.3 Å². The highest BCUT2D eigenvalue weighted by atomic mass is 32.2. The quantitative estimate of drug-likeness (QED) is 0.466. The number of aromatic nitrogens is 3. The van der Waals surface area contributed by atoms with E-state index in [-0.39, 0.29) is 27.7 Å².